The Morgan fingerprint density at radius 3 is 2.54 bits per heavy atom. The Kier molecular flexibility index (Phi) is 7.57. The SMILES string of the molecule is Cc1ccccc1OCCNC(=O)[C@@H](C)N(c1cc(Cl)ccc1Cl)S(C)(=O)=O. The van der Waals surface area contributed by atoms with Gasteiger partial charge >= 0.3 is 0 Å². The van der Waals surface area contributed by atoms with Gasteiger partial charge in [0.1, 0.15) is 18.4 Å². The van der Waals surface area contributed by atoms with Gasteiger partial charge in [-0.25, -0.2) is 8.42 Å². The van der Waals surface area contributed by atoms with Crippen molar-refractivity contribution < 1.29 is 17.9 Å². The molecule has 1 atom stereocenters. The van der Waals surface area contributed by atoms with E-state index in [2.05, 4.69) is 5.32 Å². The topological polar surface area (TPSA) is 75.7 Å². The molecule has 0 unspecified atom stereocenters. The van der Waals surface area contributed by atoms with Crippen LogP contribution in [0.2, 0.25) is 10.0 Å². The minimum absolute atomic E-state index is 0.149. The van der Waals surface area contributed by atoms with E-state index in [4.69, 9.17) is 27.9 Å². The van der Waals surface area contributed by atoms with Crippen LogP contribution in [-0.2, 0) is 14.8 Å². The fourth-order valence-electron chi connectivity index (χ4n) is 2.64. The van der Waals surface area contributed by atoms with Gasteiger partial charge in [0, 0.05) is 5.02 Å². The number of para-hydroxylation sites is 1. The fraction of sp³-hybridized carbons (Fsp3) is 0.316. The molecule has 0 saturated heterocycles. The van der Waals surface area contributed by atoms with Crippen LogP contribution >= 0.6 is 23.2 Å². The van der Waals surface area contributed by atoms with Gasteiger partial charge in [-0.15, -0.1) is 0 Å². The highest BCUT2D eigenvalue weighted by Crippen LogP contribution is 2.32. The number of amides is 1. The van der Waals surface area contributed by atoms with Crippen LogP contribution in [0.4, 0.5) is 5.69 Å². The summed E-state index contributed by atoms with van der Waals surface area (Å²) in [7, 11) is -3.78. The zero-order chi connectivity index (χ0) is 20.9. The molecule has 2 aromatic rings. The summed E-state index contributed by atoms with van der Waals surface area (Å²) < 4.78 is 31.2. The third-order valence-corrected chi connectivity index (χ3v) is 5.77. The van der Waals surface area contributed by atoms with Gasteiger partial charge in [0.05, 0.1) is 23.5 Å². The molecule has 0 heterocycles. The molecule has 0 fully saturated rings. The second kappa shape index (κ2) is 9.49. The normalized spacial score (nSPS) is 12.3. The number of hydrogen-bond acceptors (Lipinski definition) is 4. The lowest BCUT2D eigenvalue weighted by Crippen LogP contribution is -2.48. The number of aryl methyl sites for hydroxylation is 1. The van der Waals surface area contributed by atoms with Gasteiger partial charge in [-0.3, -0.25) is 9.10 Å². The van der Waals surface area contributed by atoms with E-state index in [1.54, 1.807) is 6.07 Å². The van der Waals surface area contributed by atoms with Crippen LogP contribution in [0.15, 0.2) is 42.5 Å². The van der Waals surface area contributed by atoms with E-state index in [-0.39, 0.29) is 23.9 Å². The van der Waals surface area contributed by atoms with Crippen LogP contribution in [0.1, 0.15) is 12.5 Å². The fourth-order valence-corrected chi connectivity index (χ4v) is 4.24. The van der Waals surface area contributed by atoms with E-state index in [1.807, 2.05) is 31.2 Å². The number of ether oxygens (including phenoxy) is 1. The highest BCUT2D eigenvalue weighted by Gasteiger charge is 2.30. The van der Waals surface area contributed by atoms with E-state index in [0.29, 0.717) is 5.02 Å². The molecule has 0 spiro atoms. The molecule has 0 aromatic heterocycles. The first-order chi connectivity index (χ1) is 13.1. The molecular formula is C19H22Cl2N2O4S. The average Bonchev–Trinajstić information content (AvgIpc) is 2.61. The largest absolute Gasteiger partial charge is 0.491 e. The van der Waals surface area contributed by atoms with Crippen LogP contribution < -0.4 is 14.4 Å². The molecular weight excluding hydrogens is 423 g/mol. The maximum absolute atomic E-state index is 12.5. The summed E-state index contributed by atoms with van der Waals surface area (Å²) in [6, 6.07) is 11.0. The first-order valence-corrected chi connectivity index (χ1v) is 11.1. The minimum atomic E-state index is -3.78. The Morgan fingerprint density at radius 2 is 1.89 bits per heavy atom. The van der Waals surface area contributed by atoms with Crippen molar-refractivity contribution in [3.8, 4) is 5.75 Å². The highest BCUT2D eigenvalue weighted by atomic mass is 35.5. The number of nitrogens with one attached hydrogen (secondary N) is 1. The zero-order valence-electron chi connectivity index (χ0n) is 15.8. The molecule has 0 bridgehead atoms. The Morgan fingerprint density at radius 1 is 1.21 bits per heavy atom. The first-order valence-electron chi connectivity index (χ1n) is 8.52. The summed E-state index contributed by atoms with van der Waals surface area (Å²) in [5.74, 6) is 0.253. The molecule has 2 rings (SSSR count). The molecule has 6 nitrogen and oxygen atoms in total. The molecule has 0 radical (unpaired) electrons. The van der Waals surface area contributed by atoms with Crippen LogP contribution in [0.25, 0.3) is 0 Å². The molecule has 2 aromatic carbocycles. The molecule has 0 saturated carbocycles. The molecule has 0 aliphatic heterocycles. The minimum Gasteiger partial charge on any atom is -0.491 e. The lowest BCUT2D eigenvalue weighted by molar-refractivity contribution is -0.121. The van der Waals surface area contributed by atoms with E-state index in [1.165, 1.54) is 19.1 Å². The zero-order valence-corrected chi connectivity index (χ0v) is 18.1. The summed E-state index contributed by atoms with van der Waals surface area (Å²) in [5, 5.41) is 3.17. The summed E-state index contributed by atoms with van der Waals surface area (Å²) in [5.41, 5.74) is 1.14. The van der Waals surface area contributed by atoms with Crippen molar-refractivity contribution in [1.82, 2.24) is 5.32 Å². The molecule has 1 N–H and O–H groups in total. The number of anilines is 1. The maximum Gasteiger partial charge on any atom is 0.243 e. The predicted molar refractivity (Wildman–Crippen MR) is 113 cm³/mol. The maximum atomic E-state index is 12.5. The second-order valence-electron chi connectivity index (χ2n) is 6.24. The first kappa shape index (κ1) is 22.3. The third kappa shape index (κ3) is 5.77. The molecule has 152 valence electrons. The Balaban J connectivity index is 2.06. The second-order valence-corrected chi connectivity index (χ2v) is 8.94. The van der Waals surface area contributed by atoms with Gasteiger partial charge in [0.2, 0.25) is 15.9 Å². The summed E-state index contributed by atoms with van der Waals surface area (Å²) >= 11 is 12.1. The van der Waals surface area contributed by atoms with E-state index in [0.717, 1.165) is 21.9 Å². The van der Waals surface area contributed by atoms with Crippen LogP contribution in [0.5, 0.6) is 5.75 Å². The number of sulfonamides is 1. The van der Waals surface area contributed by atoms with Crippen LogP contribution in [0.3, 0.4) is 0 Å². The molecule has 28 heavy (non-hydrogen) atoms. The van der Waals surface area contributed by atoms with Crippen molar-refractivity contribution >= 4 is 44.8 Å². The summed E-state index contributed by atoms with van der Waals surface area (Å²) in [4.78, 5) is 12.5. The van der Waals surface area contributed by atoms with Crippen molar-refractivity contribution in [2.75, 3.05) is 23.7 Å². The number of carbonyl (C=O) groups is 1. The number of halogens is 2. The molecule has 0 aliphatic rings. The van der Waals surface area contributed by atoms with E-state index >= 15 is 0 Å². The van der Waals surface area contributed by atoms with Gasteiger partial charge in [0.15, 0.2) is 0 Å². The number of carbonyl (C=O) groups excluding carboxylic acids is 1. The lowest BCUT2D eigenvalue weighted by atomic mass is 10.2. The lowest BCUT2D eigenvalue weighted by Gasteiger charge is -2.29. The molecule has 0 aliphatic carbocycles. The summed E-state index contributed by atoms with van der Waals surface area (Å²) in [6.45, 7) is 3.88. The van der Waals surface area contributed by atoms with Crippen molar-refractivity contribution in [2.24, 2.45) is 0 Å². The highest BCUT2D eigenvalue weighted by molar-refractivity contribution is 7.92. The molecule has 9 heteroatoms. The Labute approximate surface area is 175 Å². The Bertz CT molecular complexity index is 951. The van der Waals surface area contributed by atoms with Crippen molar-refractivity contribution in [1.29, 1.82) is 0 Å². The number of rotatable bonds is 8. The van der Waals surface area contributed by atoms with Crippen LogP contribution in [0, 0.1) is 6.92 Å². The number of nitrogens with zero attached hydrogens (tertiary/aromatic N) is 1. The predicted octanol–water partition coefficient (Wildman–Crippen LogP) is 3.65. The van der Waals surface area contributed by atoms with Gasteiger partial charge in [-0.2, -0.15) is 0 Å². The monoisotopic (exact) mass is 444 g/mol. The van der Waals surface area contributed by atoms with E-state index in [9.17, 15) is 13.2 Å². The van der Waals surface area contributed by atoms with Gasteiger partial charge < -0.3 is 10.1 Å². The number of hydrogen-bond donors (Lipinski definition) is 1. The standard InChI is InChI=1S/C19H22Cl2N2O4S/c1-13-6-4-5-7-18(13)27-11-10-22-19(24)14(2)23(28(3,25)26)17-12-15(20)8-9-16(17)21/h4-9,12,14H,10-11H2,1-3H3,(H,22,24)/t14-/m1/s1. The quantitative estimate of drug-likeness (QED) is 0.630. The molecule has 1 amide bonds. The van der Waals surface area contributed by atoms with Gasteiger partial charge in [-0.1, -0.05) is 41.4 Å². The smallest absolute Gasteiger partial charge is 0.243 e. The number of benzene rings is 2. The average molecular weight is 445 g/mol. The van der Waals surface area contributed by atoms with Crippen molar-refractivity contribution in [3.63, 3.8) is 0 Å². The van der Waals surface area contributed by atoms with Crippen LogP contribution in [-0.4, -0.2) is 39.8 Å². The third-order valence-electron chi connectivity index (χ3n) is 3.99. The van der Waals surface area contributed by atoms with Gasteiger partial charge in [-0.05, 0) is 43.7 Å². The van der Waals surface area contributed by atoms with Crippen molar-refractivity contribution in [2.45, 2.75) is 19.9 Å². The van der Waals surface area contributed by atoms with Gasteiger partial charge in [0.25, 0.3) is 0 Å². The summed E-state index contributed by atoms with van der Waals surface area (Å²) in [6.07, 6.45) is 1.01. The van der Waals surface area contributed by atoms with E-state index < -0.39 is 22.0 Å². The van der Waals surface area contributed by atoms with Crippen molar-refractivity contribution in [3.05, 3.63) is 58.1 Å². The Hall–Kier alpha value is -1.96.